The fourth-order valence-corrected chi connectivity index (χ4v) is 2.63. The molecule has 0 aliphatic heterocycles. The molecule has 1 heterocycles. The van der Waals surface area contributed by atoms with Gasteiger partial charge < -0.3 is 4.74 Å². The fourth-order valence-electron chi connectivity index (χ4n) is 1.73. The Kier molecular flexibility index (Phi) is 4.53. The van der Waals surface area contributed by atoms with Gasteiger partial charge in [-0.15, -0.1) is 11.3 Å². The first-order valence-corrected chi connectivity index (χ1v) is 7.08. The van der Waals surface area contributed by atoms with E-state index in [1.54, 1.807) is 18.3 Å². The maximum atomic E-state index is 11.5. The summed E-state index contributed by atoms with van der Waals surface area (Å²) in [6, 6.07) is 12.3. The lowest BCUT2D eigenvalue weighted by Crippen LogP contribution is -2.04. The van der Waals surface area contributed by atoms with E-state index in [2.05, 4.69) is 23.6 Å². The predicted octanol–water partition coefficient (Wildman–Crippen LogP) is 4.38. The molecular formula is C16H16O2S. The Labute approximate surface area is 117 Å². The van der Waals surface area contributed by atoms with Crippen molar-refractivity contribution >= 4 is 23.4 Å². The van der Waals surface area contributed by atoms with Crippen molar-refractivity contribution in [2.75, 3.05) is 6.61 Å². The van der Waals surface area contributed by atoms with E-state index in [1.165, 1.54) is 11.1 Å². The number of hydrogen-bond donors (Lipinski definition) is 0. The SMILES string of the molecule is CCOC(=O)C(C)=Cc1cc(-c2ccccc2)cs1. The molecule has 2 aromatic rings. The molecule has 2 rings (SSSR count). The number of benzene rings is 1. The number of thiophene rings is 1. The van der Waals surface area contributed by atoms with Crippen LogP contribution in [0, 0.1) is 0 Å². The Hall–Kier alpha value is -1.87. The average Bonchev–Trinajstić information content (AvgIpc) is 2.88. The van der Waals surface area contributed by atoms with Crippen molar-refractivity contribution in [1.29, 1.82) is 0 Å². The lowest BCUT2D eigenvalue weighted by Gasteiger charge is -2.00. The number of carbonyl (C=O) groups is 1. The van der Waals surface area contributed by atoms with Crippen LogP contribution in [0.15, 0.2) is 47.4 Å². The summed E-state index contributed by atoms with van der Waals surface area (Å²) in [5.41, 5.74) is 2.99. The van der Waals surface area contributed by atoms with Crippen LogP contribution in [0.2, 0.25) is 0 Å². The summed E-state index contributed by atoms with van der Waals surface area (Å²) in [5.74, 6) is -0.253. The van der Waals surface area contributed by atoms with E-state index in [9.17, 15) is 4.79 Å². The Morgan fingerprint density at radius 2 is 2.00 bits per heavy atom. The Bertz CT molecular complexity index is 582. The van der Waals surface area contributed by atoms with Gasteiger partial charge in [0.1, 0.15) is 0 Å². The summed E-state index contributed by atoms with van der Waals surface area (Å²) in [6.45, 7) is 3.99. The summed E-state index contributed by atoms with van der Waals surface area (Å²) in [4.78, 5) is 12.6. The van der Waals surface area contributed by atoms with Gasteiger partial charge in [0, 0.05) is 10.5 Å². The molecule has 0 N–H and O–H groups in total. The van der Waals surface area contributed by atoms with Crippen molar-refractivity contribution in [3.8, 4) is 11.1 Å². The second-order valence-corrected chi connectivity index (χ2v) is 5.09. The predicted molar refractivity (Wildman–Crippen MR) is 80.0 cm³/mol. The van der Waals surface area contributed by atoms with Crippen molar-refractivity contribution in [2.24, 2.45) is 0 Å². The molecule has 0 radical (unpaired) electrons. The molecule has 0 spiro atoms. The van der Waals surface area contributed by atoms with Gasteiger partial charge >= 0.3 is 5.97 Å². The van der Waals surface area contributed by atoms with E-state index in [0.717, 1.165) is 4.88 Å². The molecule has 0 amide bonds. The molecule has 0 saturated heterocycles. The number of hydrogen-bond acceptors (Lipinski definition) is 3. The monoisotopic (exact) mass is 272 g/mol. The van der Waals surface area contributed by atoms with Crippen LogP contribution in [0.25, 0.3) is 17.2 Å². The zero-order valence-corrected chi connectivity index (χ0v) is 11.9. The Balaban J connectivity index is 2.18. The minimum Gasteiger partial charge on any atom is -0.463 e. The van der Waals surface area contributed by atoms with E-state index >= 15 is 0 Å². The second-order valence-electron chi connectivity index (χ2n) is 4.15. The van der Waals surface area contributed by atoms with Gasteiger partial charge in [0.25, 0.3) is 0 Å². The van der Waals surface area contributed by atoms with Crippen molar-refractivity contribution in [1.82, 2.24) is 0 Å². The molecule has 98 valence electrons. The molecule has 19 heavy (non-hydrogen) atoms. The molecule has 1 aromatic heterocycles. The van der Waals surface area contributed by atoms with Crippen LogP contribution in [0.1, 0.15) is 18.7 Å². The number of rotatable bonds is 4. The van der Waals surface area contributed by atoms with Gasteiger partial charge in [0.15, 0.2) is 0 Å². The van der Waals surface area contributed by atoms with Crippen molar-refractivity contribution in [3.63, 3.8) is 0 Å². The van der Waals surface area contributed by atoms with Crippen LogP contribution >= 0.6 is 11.3 Å². The lowest BCUT2D eigenvalue weighted by molar-refractivity contribution is -0.138. The second kappa shape index (κ2) is 6.34. The highest BCUT2D eigenvalue weighted by atomic mass is 32.1. The van der Waals surface area contributed by atoms with Crippen molar-refractivity contribution in [3.05, 3.63) is 52.2 Å². The number of carbonyl (C=O) groups excluding carboxylic acids is 1. The van der Waals surface area contributed by atoms with Crippen LogP contribution in [-0.2, 0) is 9.53 Å². The van der Waals surface area contributed by atoms with E-state index in [-0.39, 0.29) is 5.97 Å². The lowest BCUT2D eigenvalue weighted by atomic mass is 10.1. The average molecular weight is 272 g/mol. The first-order chi connectivity index (χ1) is 9.20. The summed E-state index contributed by atoms with van der Waals surface area (Å²) in [6.07, 6.45) is 1.87. The zero-order valence-electron chi connectivity index (χ0n) is 11.1. The standard InChI is InChI=1S/C16H16O2S/c1-3-18-16(17)12(2)9-15-10-14(11-19-15)13-7-5-4-6-8-13/h4-11H,3H2,1-2H3. The molecule has 0 fully saturated rings. The summed E-state index contributed by atoms with van der Waals surface area (Å²) in [7, 11) is 0. The first kappa shape index (κ1) is 13.6. The topological polar surface area (TPSA) is 26.3 Å². The third kappa shape index (κ3) is 3.55. The molecule has 0 atom stereocenters. The van der Waals surface area contributed by atoms with Gasteiger partial charge in [-0.3, -0.25) is 0 Å². The quantitative estimate of drug-likeness (QED) is 0.610. The number of esters is 1. The van der Waals surface area contributed by atoms with Gasteiger partial charge in [0.2, 0.25) is 0 Å². The minimum atomic E-state index is -0.253. The van der Waals surface area contributed by atoms with E-state index in [0.29, 0.717) is 12.2 Å². The molecule has 0 bridgehead atoms. The van der Waals surface area contributed by atoms with Crippen LogP contribution < -0.4 is 0 Å². The normalized spacial score (nSPS) is 11.4. The van der Waals surface area contributed by atoms with Gasteiger partial charge in [0.05, 0.1) is 6.61 Å². The molecule has 3 heteroatoms. The molecule has 2 nitrogen and oxygen atoms in total. The number of ether oxygens (including phenoxy) is 1. The van der Waals surface area contributed by atoms with Gasteiger partial charge in [-0.25, -0.2) is 4.79 Å². The molecule has 0 unspecified atom stereocenters. The van der Waals surface area contributed by atoms with Gasteiger partial charge in [-0.2, -0.15) is 0 Å². The summed E-state index contributed by atoms with van der Waals surface area (Å²) >= 11 is 1.62. The smallest absolute Gasteiger partial charge is 0.333 e. The van der Waals surface area contributed by atoms with E-state index in [4.69, 9.17) is 4.74 Å². The highest BCUT2D eigenvalue weighted by molar-refractivity contribution is 7.11. The maximum Gasteiger partial charge on any atom is 0.333 e. The van der Waals surface area contributed by atoms with E-state index < -0.39 is 0 Å². The largest absolute Gasteiger partial charge is 0.463 e. The fraction of sp³-hybridized carbons (Fsp3) is 0.188. The molecular weight excluding hydrogens is 256 g/mol. The van der Waals surface area contributed by atoms with Gasteiger partial charge in [-0.05, 0) is 42.5 Å². The third-order valence-corrected chi connectivity index (χ3v) is 3.56. The molecule has 0 saturated carbocycles. The van der Waals surface area contributed by atoms with E-state index in [1.807, 2.05) is 31.2 Å². The zero-order chi connectivity index (χ0) is 13.7. The van der Waals surface area contributed by atoms with Crippen molar-refractivity contribution < 1.29 is 9.53 Å². The molecule has 0 aliphatic carbocycles. The first-order valence-electron chi connectivity index (χ1n) is 6.20. The van der Waals surface area contributed by atoms with Crippen LogP contribution in [0.4, 0.5) is 0 Å². The van der Waals surface area contributed by atoms with Crippen LogP contribution in [-0.4, -0.2) is 12.6 Å². The Morgan fingerprint density at radius 1 is 1.26 bits per heavy atom. The van der Waals surface area contributed by atoms with Crippen molar-refractivity contribution in [2.45, 2.75) is 13.8 Å². The molecule has 1 aromatic carbocycles. The maximum absolute atomic E-state index is 11.5. The van der Waals surface area contributed by atoms with Crippen LogP contribution in [0.5, 0.6) is 0 Å². The van der Waals surface area contributed by atoms with Gasteiger partial charge in [-0.1, -0.05) is 30.3 Å². The summed E-state index contributed by atoms with van der Waals surface area (Å²) in [5, 5.41) is 2.10. The summed E-state index contributed by atoms with van der Waals surface area (Å²) < 4.78 is 4.96. The third-order valence-electron chi connectivity index (χ3n) is 2.68. The molecule has 0 aliphatic rings. The highest BCUT2D eigenvalue weighted by Gasteiger charge is 2.06. The highest BCUT2D eigenvalue weighted by Crippen LogP contribution is 2.26. The minimum absolute atomic E-state index is 0.253. The van der Waals surface area contributed by atoms with Crippen LogP contribution in [0.3, 0.4) is 0 Å². The Morgan fingerprint density at radius 3 is 2.68 bits per heavy atom.